The zero-order valence-corrected chi connectivity index (χ0v) is 15.1. The molecule has 4 rings (SSSR count). The lowest BCUT2D eigenvalue weighted by atomic mass is 10.00. The molecule has 5 heteroatoms. The number of rotatable bonds is 3. The molecule has 0 radical (unpaired) electrons. The van der Waals surface area contributed by atoms with E-state index in [0.29, 0.717) is 31.7 Å². The molecule has 0 spiro atoms. The van der Waals surface area contributed by atoms with E-state index in [9.17, 15) is 4.79 Å². The highest BCUT2D eigenvalue weighted by Crippen LogP contribution is 2.38. The Hall–Kier alpha value is -1.75. The van der Waals surface area contributed by atoms with Crippen molar-refractivity contribution in [3.63, 3.8) is 0 Å². The summed E-state index contributed by atoms with van der Waals surface area (Å²) in [7, 11) is 0. The third kappa shape index (κ3) is 3.61. The maximum absolute atomic E-state index is 12.7. The smallest absolute Gasteiger partial charge is 0.236 e. The number of amides is 1. The zero-order valence-electron chi connectivity index (χ0n) is 15.1. The van der Waals surface area contributed by atoms with Crippen molar-refractivity contribution < 1.29 is 14.3 Å². The fraction of sp³-hybridized carbons (Fsp3) is 0.650. The summed E-state index contributed by atoms with van der Waals surface area (Å²) in [5, 5.41) is 0. The van der Waals surface area contributed by atoms with Gasteiger partial charge in [-0.25, -0.2) is 0 Å². The van der Waals surface area contributed by atoms with Crippen LogP contribution in [0.5, 0.6) is 11.5 Å². The van der Waals surface area contributed by atoms with Crippen molar-refractivity contribution in [2.24, 2.45) is 5.92 Å². The summed E-state index contributed by atoms with van der Waals surface area (Å²) < 4.78 is 11.4. The lowest BCUT2D eigenvalue weighted by molar-refractivity contribution is -0.134. The van der Waals surface area contributed by atoms with Gasteiger partial charge in [0.05, 0.1) is 6.54 Å². The molecular formula is C20H28N2O3. The standard InChI is InChI=1S/C20H28N2O3/c1-15-4-2-9-22(13-15)20(23)14-21-8-3-5-17(21)16-6-7-18-19(12-16)25-11-10-24-18/h6-7,12,15,17H,2-5,8-11,13-14H2,1H3. The molecule has 0 N–H and O–H groups in total. The molecule has 0 aromatic heterocycles. The Labute approximate surface area is 149 Å². The molecule has 3 aliphatic heterocycles. The first kappa shape index (κ1) is 16.7. The molecule has 1 aromatic carbocycles. The molecule has 5 nitrogen and oxygen atoms in total. The van der Waals surface area contributed by atoms with Crippen molar-refractivity contribution in [3.8, 4) is 11.5 Å². The van der Waals surface area contributed by atoms with E-state index in [0.717, 1.165) is 50.4 Å². The van der Waals surface area contributed by atoms with E-state index in [2.05, 4.69) is 28.9 Å². The van der Waals surface area contributed by atoms with Crippen LogP contribution in [0, 0.1) is 5.92 Å². The first-order valence-corrected chi connectivity index (χ1v) is 9.62. The Balaban J connectivity index is 1.44. The van der Waals surface area contributed by atoms with Gasteiger partial charge >= 0.3 is 0 Å². The molecule has 25 heavy (non-hydrogen) atoms. The summed E-state index contributed by atoms with van der Waals surface area (Å²) in [5.41, 5.74) is 1.24. The van der Waals surface area contributed by atoms with Crippen molar-refractivity contribution in [1.29, 1.82) is 0 Å². The first-order valence-electron chi connectivity index (χ1n) is 9.62. The monoisotopic (exact) mass is 344 g/mol. The number of fused-ring (bicyclic) bond motifs is 1. The van der Waals surface area contributed by atoms with Crippen LogP contribution in [0.2, 0.25) is 0 Å². The van der Waals surface area contributed by atoms with Crippen LogP contribution < -0.4 is 9.47 Å². The Kier molecular flexibility index (Phi) is 4.84. The maximum Gasteiger partial charge on any atom is 0.236 e. The van der Waals surface area contributed by atoms with Crippen LogP contribution in [0.25, 0.3) is 0 Å². The second-order valence-electron chi connectivity index (χ2n) is 7.62. The SMILES string of the molecule is CC1CCCN(C(=O)CN2CCCC2c2ccc3c(c2)OCCO3)C1. The first-order chi connectivity index (χ1) is 12.2. The van der Waals surface area contributed by atoms with Gasteiger partial charge in [-0.3, -0.25) is 9.69 Å². The molecular weight excluding hydrogens is 316 g/mol. The van der Waals surface area contributed by atoms with Crippen molar-refractivity contribution in [2.75, 3.05) is 39.4 Å². The molecule has 0 aliphatic carbocycles. The van der Waals surface area contributed by atoms with Gasteiger partial charge in [0.1, 0.15) is 13.2 Å². The quantitative estimate of drug-likeness (QED) is 0.846. The largest absolute Gasteiger partial charge is 0.486 e. The van der Waals surface area contributed by atoms with E-state index < -0.39 is 0 Å². The predicted octanol–water partition coefficient (Wildman–Crippen LogP) is 2.85. The molecule has 0 saturated carbocycles. The van der Waals surface area contributed by atoms with Gasteiger partial charge in [-0.15, -0.1) is 0 Å². The maximum atomic E-state index is 12.7. The summed E-state index contributed by atoms with van der Waals surface area (Å²) in [4.78, 5) is 17.2. The molecule has 136 valence electrons. The molecule has 2 saturated heterocycles. The average molecular weight is 344 g/mol. The van der Waals surface area contributed by atoms with Gasteiger partial charge in [-0.05, 0) is 55.8 Å². The second kappa shape index (κ2) is 7.24. The molecule has 3 heterocycles. The minimum atomic E-state index is 0.288. The van der Waals surface area contributed by atoms with Gasteiger partial charge in [-0.1, -0.05) is 13.0 Å². The number of hydrogen-bond acceptors (Lipinski definition) is 4. The summed E-state index contributed by atoms with van der Waals surface area (Å²) >= 11 is 0. The van der Waals surface area contributed by atoms with Crippen molar-refractivity contribution in [2.45, 2.75) is 38.6 Å². The molecule has 1 amide bonds. The van der Waals surface area contributed by atoms with E-state index >= 15 is 0 Å². The van der Waals surface area contributed by atoms with Gasteiger partial charge in [0.15, 0.2) is 11.5 Å². The van der Waals surface area contributed by atoms with Crippen LogP contribution in [-0.4, -0.2) is 55.1 Å². The van der Waals surface area contributed by atoms with E-state index in [1.54, 1.807) is 0 Å². The van der Waals surface area contributed by atoms with Gasteiger partial charge in [0.25, 0.3) is 0 Å². The van der Waals surface area contributed by atoms with Crippen molar-refractivity contribution in [1.82, 2.24) is 9.80 Å². The molecule has 2 atom stereocenters. The Morgan fingerprint density at radius 3 is 2.76 bits per heavy atom. The fourth-order valence-corrected chi connectivity index (χ4v) is 4.35. The van der Waals surface area contributed by atoms with Crippen LogP contribution >= 0.6 is 0 Å². The van der Waals surface area contributed by atoms with Gasteiger partial charge < -0.3 is 14.4 Å². The predicted molar refractivity (Wildman–Crippen MR) is 96.0 cm³/mol. The third-order valence-corrected chi connectivity index (χ3v) is 5.66. The number of nitrogens with zero attached hydrogens (tertiary/aromatic N) is 2. The van der Waals surface area contributed by atoms with E-state index in [-0.39, 0.29) is 5.91 Å². The van der Waals surface area contributed by atoms with Crippen molar-refractivity contribution >= 4 is 5.91 Å². The summed E-state index contributed by atoms with van der Waals surface area (Å²) in [6.07, 6.45) is 4.62. The minimum Gasteiger partial charge on any atom is -0.486 e. The number of piperidine rings is 1. The highest BCUT2D eigenvalue weighted by Gasteiger charge is 2.31. The van der Waals surface area contributed by atoms with Gasteiger partial charge in [-0.2, -0.15) is 0 Å². The number of likely N-dealkylation sites (tertiary alicyclic amines) is 2. The minimum absolute atomic E-state index is 0.288. The zero-order chi connectivity index (χ0) is 17.2. The van der Waals surface area contributed by atoms with Gasteiger partial charge in [0, 0.05) is 19.1 Å². The Morgan fingerprint density at radius 2 is 1.92 bits per heavy atom. The number of ether oxygens (including phenoxy) is 2. The summed E-state index contributed by atoms with van der Waals surface area (Å²) in [6.45, 7) is 6.83. The van der Waals surface area contributed by atoms with Crippen LogP contribution in [0.1, 0.15) is 44.2 Å². The molecule has 2 fully saturated rings. The van der Waals surface area contributed by atoms with E-state index in [1.165, 1.54) is 12.0 Å². The third-order valence-electron chi connectivity index (χ3n) is 5.66. The van der Waals surface area contributed by atoms with E-state index in [4.69, 9.17) is 9.47 Å². The summed E-state index contributed by atoms with van der Waals surface area (Å²) in [6, 6.07) is 6.55. The average Bonchev–Trinajstić information content (AvgIpc) is 3.09. The highest BCUT2D eigenvalue weighted by atomic mass is 16.6. The highest BCUT2D eigenvalue weighted by molar-refractivity contribution is 5.78. The van der Waals surface area contributed by atoms with Crippen LogP contribution in [0.3, 0.4) is 0 Å². The number of carbonyl (C=O) groups excluding carboxylic acids is 1. The molecule has 2 unspecified atom stereocenters. The fourth-order valence-electron chi connectivity index (χ4n) is 4.35. The molecule has 0 bridgehead atoms. The molecule has 1 aromatic rings. The Morgan fingerprint density at radius 1 is 1.12 bits per heavy atom. The van der Waals surface area contributed by atoms with E-state index in [1.807, 2.05) is 6.07 Å². The normalized spacial score (nSPS) is 26.7. The van der Waals surface area contributed by atoms with Crippen LogP contribution in [0.4, 0.5) is 0 Å². The van der Waals surface area contributed by atoms with Crippen molar-refractivity contribution in [3.05, 3.63) is 23.8 Å². The summed E-state index contributed by atoms with van der Waals surface area (Å²) in [5.74, 6) is 2.59. The number of hydrogen-bond donors (Lipinski definition) is 0. The van der Waals surface area contributed by atoms with Crippen LogP contribution in [-0.2, 0) is 4.79 Å². The lowest BCUT2D eigenvalue weighted by Crippen LogP contribution is -2.44. The Bertz CT molecular complexity index is 633. The number of carbonyl (C=O) groups is 1. The van der Waals surface area contributed by atoms with Gasteiger partial charge in [0.2, 0.25) is 5.91 Å². The number of benzene rings is 1. The second-order valence-corrected chi connectivity index (χ2v) is 7.62. The lowest BCUT2D eigenvalue weighted by Gasteiger charge is -2.33. The molecule has 3 aliphatic rings. The van der Waals surface area contributed by atoms with Crippen LogP contribution in [0.15, 0.2) is 18.2 Å². The topological polar surface area (TPSA) is 42.0 Å².